The van der Waals surface area contributed by atoms with Gasteiger partial charge in [-0.25, -0.2) is 8.42 Å². The molecule has 1 N–H and O–H groups in total. The number of carbonyl (C=O) groups is 2. The Labute approximate surface area is 218 Å². The fourth-order valence-corrected chi connectivity index (χ4v) is 5.88. The van der Waals surface area contributed by atoms with Crippen molar-refractivity contribution in [1.82, 2.24) is 10.2 Å². The van der Waals surface area contributed by atoms with Crippen LogP contribution in [0.4, 0.5) is 5.69 Å². The number of nitrogens with zero attached hydrogens (tertiary/aromatic N) is 2. The molecule has 1 aliphatic carbocycles. The lowest BCUT2D eigenvalue weighted by atomic mass is 10.1. The largest absolute Gasteiger partial charge is 0.454 e. The van der Waals surface area contributed by atoms with E-state index < -0.39 is 28.5 Å². The fraction of sp³-hybridized carbons (Fsp3) is 0.481. The van der Waals surface area contributed by atoms with Crippen molar-refractivity contribution < 1.29 is 27.5 Å². The van der Waals surface area contributed by atoms with Crippen LogP contribution in [0.1, 0.15) is 51.5 Å². The van der Waals surface area contributed by atoms with Gasteiger partial charge in [-0.2, -0.15) is 0 Å². The molecule has 0 radical (unpaired) electrons. The summed E-state index contributed by atoms with van der Waals surface area (Å²) in [6.45, 7) is 3.21. The third-order valence-electron chi connectivity index (χ3n) is 6.91. The normalized spacial score (nSPS) is 15.8. The molecule has 1 heterocycles. The number of benzene rings is 2. The van der Waals surface area contributed by atoms with E-state index in [9.17, 15) is 18.0 Å². The van der Waals surface area contributed by atoms with Crippen molar-refractivity contribution in [1.29, 1.82) is 0 Å². The second kappa shape index (κ2) is 11.9. The Balaban J connectivity index is 1.63. The van der Waals surface area contributed by atoms with Gasteiger partial charge in [-0.05, 0) is 43.9 Å². The van der Waals surface area contributed by atoms with Gasteiger partial charge in [0.2, 0.25) is 28.6 Å². The monoisotopic (exact) mass is 529 g/mol. The van der Waals surface area contributed by atoms with Gasteiger partial charge in [-0.3, -0.25) is 13.9 Å². The lowest BCUT2D eigenvalue weighted by Gasteiger charge is -2.33. The molecule has 0 spiro atoms. The van der Waals surface area contributed by atoms with Crippen LogP contribution in [-0.4, -0.2) is 56.3 Å². The summed E-state index contributed by atoms with van der Waals surface area (Å²) in [5.74, 6) is 0.0971. The van der Waals surface area contributed by atoms with Gasteiger partial charge in [0.1, 0.15) is 12.6 Å². The van der Waals surface area contributed by atoms with Crippen molar-refractivity contribution in [3.63, 3.8) is 0 Å². The van der Waals surface area contributed by atoms with Crippen LogP contribution >= 0.6 is 0 Å². The Morgan fingerprint density at radius 2 is 1.73 bits per heavy atom. The van der Waals surface area contributed by atoms with E-state index >= 15 is 0 Å². The first-order valence-corrected chi connectivity index (χ1v) is 14.5. The maximum atomic E-state index is 13.9. The van der Waals surface area contributed by atoms with Gasteiger partial charge < -0.3 is 19.7 Å². The van der Waals surface area contributed by atoms with E-state index in [1.54, 1.807) is 18.2 Å². The molecule has 0 bridgehead atoms. The lowest BCUT2D eigenvalue weighted by Crippen LogP contribution is -2.53. The fourth-order valence-electron chi connectivity index (χ4n) is 4.83. The molecule has 4 rings (SSSR count). The predicted molar refractivity (Wildman–Crippen MR) is 141 cm³/mol. The number of anilines is 1. The first kappa shape index (κ1) is 26.8. The zero-order valence-electron chi connectivity index (χ0n) is 21.4. The van der Waals surface area contributed by atoms with E-state index in [1.165, 1.54) is 11.8 Å². The standard InChI is InChI=1S/C27H35N3O6S/c1-3-23(27(32)28-21-12-8-9-13-21)29(17-20-10-6-5-7-11-20)26(31)18-30(37(33,34)4-2)22-14-15-24-25(16-22)36-19-35-24/h5-7,10-11,14-16,21,23H,3-4,8-9,12-13,17-19H2,1-2H3,(H,28,32)/t23-/m0/s1. The van der Waals surface area contributed by atoms with Crippen LogP contribution in [0, 0.1) is 0 Å². The van der Waals surface area contributed by atoms with Gasteiger partial charge in [-0.1, -0.05) is 50.1 Å². The molecule has 10 heteroatoms. The van der Waals surface area contributed by atoms with E-state index in [1.807, 2.05) is 37.3 Å². The molecule has 2 aromatic carbocycles. The Kier molecular flexibility index (Phi) is 8.58. The Morgan fingerprint density at radius 1 is 1.03 bits per heavy atom. The van der Waals surface area contributed by atoms with Gasteiger partial charge in [0, 0.05) is 18.7 Å². The number of hydrogen-bond donors (Lipinski definition) is 1. The topological polar surface area (TPSA) is 105 Å². The number of ether oxygens (including phenoxy) is 2. The molecule has 9 nitrogen and oxygen atoms in total. The van der Waals surface area contributed by atoms with Gasteiger partial charge in [0.05, 0.1) is 11.4 Å². The summed E-state index contributed by atoms with van der Waals surface area (Å²) in [5, 5.41) is 3.11. The molecule has 37 heavy (non-hydrogen) atoms. The molecule has 0 aromatic heterocycles. The quantitative estimate of drug-likeness (QED) is 0.478. The van der Waals surface area contributed by atoms with Crippen LogP contribution in [0.5, 0.6) is 11.5 Å². The van der Waals surface area contributed by atoms with Crippen molar-refractivity contribution >= 4 is 27.5 Å². The maximum Gasteiger partial charge on any atom is 0.244 e. The van der Waals surface area contributed by atoms with Crippen molar-refractivity contribution in [2.75, 3.05) is 23.4 Å². The summed E-state index contributed by atoms with van der Waals surface area (Å²) < 4.78 is 38.1. The predicted octanol–water partition coefficient (Wildman–Crippen LogP) is 3.44. The molecule has 1 aliphatic heterocycles. The molecule has 2 amide bonds. The van der Waals surface area contributed by atoms with E-state index in [0.717, 1.165) is 35.6 Å². The molecular formula is C27H35N3O6S. The minimum absolute atomic E-state index is 0.0530. The summed E-state index contributed by atoms with van der Waals surface area (Å²) in [7, 11) is -3.81. The Hall–Kier alpha value is -3.27. The number of hydrogen-bond acceptors (Lipinski definition) is 6. The molecule has 2 aliphatic rings. The van der Waals surface area contributed by atoms with Crippen LogP contribution in [0.2, 0.25) is 0 Å². The zero-order valence-corrected chi connectivity index (χ0v) is 22.2. The number of nitrogens with one attached hydrogen (secondary N) is 1. The van der Waals surface area contributed by atoms with Gasteiger partial charge >= 0.3 is 0 Å². The molecule has 200 valence electrons. The molecule has 1 fully saturated rings. The molecule has 0 unspecified atom stereocenters. The van der Waals surface area contributed by atoms with Crippen molar-refractivity contribution in [2.45, 2.75) is 64.6 Å². The van der Waals surface area contributed by atoms with E-state index in [4.69, 9.17) is 9.47 Å². The molecule has 2 aromatic rings. The highest BCUT2D eigenvalue weighted by Crippen LogP contribution is 2.36. The molecule has 1 atom stereocenters. The second-order valence-corrected chi connectivity index (χ2v) is 11.5. The van der Waals surface area contributed by atoms with E-state index in [-0.39, 0.29) is 31.0 Å². The number of carbonyl (C=O) groups excluding carboxylic acids is 2. The number of amides is 2. The van der Waals surface area contributed by atoms with Crippen molar-refractivity contribution in [2.24, 2.45) is 0 Å². The summed E-state index contributed by atoms with van der Waals surface area (Å²) in [6, 6.07) is 13.6. The zero-order chi connectivity index (χ0) is 26.4. The van der Waals surface area contributed by atoms with Crippen LogP contribution < -0.4 is 19.1 Å². The average molecular weight is 530 g/mol. The average Bonchev–Trinajstić information content (AvgIpc) is 3.59. The highest BCUT2D eigenvalue weighted by molar-refractivity contribution is 7.92. The first-order chi connectivity index (χ1) is 17.8. The number of fused-ring (bicyclic) bond motifs is 1. The van der Waals surface area contributed by atoms with Crippen molar-refractivity contribution in [3.05, 3.63) is 54.1 Å². The molecule has 1 saturated carbocycles. The molecule has 0 saturated heterocycles. The summed E-state index contributed by atoms with van der Waals surface area (Å²) in [4.78, 5) is 28.7. The first-order valence-electron chi connectivity index (χ1n) is 12.9. The summed E-state index contributed by atoms with van der Waals surface area (Å²) >= 11 is 0. The number of rotatable bonds is 11. The van der Waals surface area contributed by atoms with Gasteiger partial charge in [0.25, 0.3) is 0 Å². The van der Waals surface area contributed by atoms with E-state index in [2.05, 4.69) is 5.32 Å². The number of sulfonamides is 1. The van der Waals surface area contributed by atoms with Crippen LogP contribution in [0.3, 0.4) is 0 Å². The second-order valence-electron chi connectivity index (χ2n) is 9.37. The van der Waals surface area contributed by atoms with Gasteiger partial charge in [-0.15, -0.1) is 0 Å². The smallest absolute Gasteiger partial charge is 0.244 e. The third kappa shape index (κ3) is 6.36. The maximum absolute atomic E-state index is 13.9. The van der Waals surface area contributed by atoms with Crippen molar-refractivity contribution in [3.8, 4) is 11.5 Å². The lowest BCUT2D eigenvalue weighted by molar-refractivity contribution is -0.140. The Bertz CT molecular complexity index is 1200. The highest BCUT2D eigenvalue weighted by Gasteiger charge is 2.34. The SMILES string of the molecule is CC[C@@H](C(=O)NC1CCCC1)N(Cc1ccccc1)C(=O)CN(c1ccc2c(c1)OCO2)S(=O)(=O)CC. The highest BCUT2D eigenvalue weighted by atomic mass is 32.2. The van der Waals surface area contributed by atoms with E-state index in [0.29, 0.717) is 23.6 Å². The summed E-state index contributed by atoms with van der Waals surface area (Å²) in [6.07, 6.45) is 4.42. The third-order valence-corrected chi connectivity index (χ3v) is 8.65. The van der Waals surface area contributed by atoms with Crippen LogP contribution in [-0.2, 0) is 26.2 Å². The molecular weight excluding hydrogens is 494 g/mol. The Morgan fingerprint density at radius 3 is 2.41 bits per heavy atom. The minimum Gasteiger partial charge on any atom is -0.454 e. The van der Waals surface area contributed by atoms with Crippen LogP contribution in [0.15, 0.2) is 48.5 Å². The van der Waals surface area contributed by atoms with Gasteiger partial charge in [0.15, 0.2) is 11.5 Å². The van der Waals surface area contributed by atoms with Crippen LogP contribution in [0.25, 0.3) is 0 Å². The summed E-state index contributed by atoms with van der Waals surface area (Å²) in [5.41, 5.74) is 1.17. The minimum atomic E-state index is -3.81.